The number of rotatable bonds is 4. The molecule has 0 saturated heterocycles. The van der Waals surface area contributed by atoms with Crippen LogP contribution in [0.3, 0.4) is 0 Å². The number of aryl methyl sites for hydroxylation is 2. The Balaban J connectivity index is 1.95. The fourth-order valence-corrected chi connectivity index (χ4v) is 2.48. The summed E-state index contributed by atoms with van der Waals surface area (Å²) < 4.78 is 6.51. The second-order valence-electron chi connectivity index (χ2n) is 5.35. The van der Waals surface area contributed by atoms with Crippen molar-refractivity contribution in [1.82, 2.24) is 14.6 Å². The molecule has 1 aromatic carbocycles. The summed E-state index contributed by atoms with van der Waals surface area (Å²) in [5, 5.41) is 7.69. The molecule has 3 rings (SSSR count). The van der Waals surface area contributed by atoms with Crippen LogP contribution in [-0.4, -0.2) is 27.2 Å². The first-order valence-corrected chi connectivity index (χ1v) is 7.44. The maximum absolute atomic E-state index is 11.9. The number of aromatic nitrogens is 3. The lowest BCUT2D eigenvalue weighted by Gasteiger charge is -2.08. The molecule has 1 N–H and O–H groups in total. The summed E-state index contributed by atoms with van der Waals surface area (Å²) in [5.41, 5.74) is 4.20. The van der Waals surface area contributed by atoms with E-state index in [1.165, 1.54) is 21.8 Å². The summed E-state index contributed by atoms with van der Waals surface area (Å²) in [6.45, 7) is 6.17. The highest BCUT2D eigenvalue weighted by Gasteiger charge is 2.14. The lowest BCUT2D eigenvalue weighted by atomic mass is 10.1. The van der Waals surface area contributed by atoms with E-state index in [2.05, 4.69) is 21.5 Å². The van der Waals surface area contributed by atoms with Crippen molar-refractivity contribution in [2.45, 2.75) is 20.8 Å². The maximum atomic E-state index is 11.9. The van der Waals surface area contributed by atoms with Crippen LogP contribution in [0.15, 0.2) is 36.5 Å². The average molecular weight is 310 g/mol. The van der Waals surface area contributed by atoms with E-state index >= 15 is 0 Å². The van der Waals surface area contributed by atoms with Crippen molar-refractivity contribution in [2.24, 2.45) is 0 Å². The van der Waals surface area contributed by atoms with E-state index in [0.29, 0.717) is 23.8 Å². The van der Waals surface area contributed by atoms with Crippen molar-refractivity contribution in [2.75, 3.05) is 11.9 Å². The van der Waals surface area contributed by atoms with Gasteiger partial charge in [0.2, 0.25) is 0 Å². The van der Waals surface area contributed by atoms with Crippen molar-refractivity contribution in [3.63, 3.8) is 0 Å². The number of hydrogen-bond donors (Lipinski definition) is 1. The molecule has 0 aliphatic carbocycles. The second-order valence-corrected chi connectivity index (χ2v) is 5.35. The normalized spacial score (nSPS) is 10.7. The van der Waals surface area contributed by atoms with Gasteiger partial charge in [-0.25, -0.2) is 14.3 Å². The van der Waals surface area contributed by atoms with Gasteiger partial charge < -0.3 is 10.1 Å². The van der Waals surface area contributed by atoms with Crippen LogP contribution in [0.25, 0.3) is 5.65 Å². The van der Waals surface area contributed by atoms with Gasteiger partial charge in [0, 0.05) is 5.69 Å². The number of carbonyl (C=O) groups excluding carboxylic acids is 1. The van der Waals surface area contributed by atoms with Crippen molar-refractivity contribution in [3.8, 4) is 0 Å². The first kappa shape index (κ1) is 15.0. The minimum atomic E-state index is -0.434. The Morgan fingerprint density at radius 2 is 1.96 bits per heavy atom. The molecule has 6 heteroatoms. The van der Waals surface area contributed by atoms with Gasteiger partial charge in [0.1, 0.15) is 0 Å². The average Bonchev–Trinajstić information content (AvgIpc) is 2.89. The molecular weight excluding hydrogens is 292 g/mol. The molecular formula is C17H18N4O2. The van der Waals surface area contributed by atoms with Crippen LogP contribution in [0.4, 0.5) is 11.5 Å². The van der Waals surface area contributed by atoms with E-state index in [-0.39, 0.29) is 0 Å². The molecule has 0 radical (unpaired) electrons. The maximum Gasteiger partial charge on any atom is 0.358 e. The Kier molecular flexibility index (Phi) is 3.97. The Hall–Kier alpha value is -2.89. The molecule has 0 spiro atoms. The molecule has 0 fully saturated rings. The van der Waals surface area contributed by atoms with E-state index < -0.39 is 5.97 Å². The summed E-state index contributed by atoms with van der Waals surface area (Å²) in [4.78, 5) is 16.1. The summed E-state index contributed by atoms with van der Waals surface area (Å²) in [6.07, 6.45) is 1.47. The second kappa shape index (κ2) is 6.08. The Morgan fingerprint density at radius 1 is 1.22 bits per heavy atom. The van der Waals surface area contributed by atoms with Gasteiger partial charge in [-0.15, -0.1) is 5.10 Å². The van der Waals surface area contributed by atoms with Gasteiger partial charge in [0.05, 0.1) is 12.8 Å². The predicted molar refractivity (Wildman–Crippen MR) is 88.1 cm³/mol. The SMILES string of the molecule is CCOC(=O)c1cnc2ccc(Nc3cc(C)cc(C)c3)nn12. The van der Waals surface area contributed by atoms with Gasteiger partial charge in [-0.1, -0.05) is 6.07 Å². The topological polar surface area (TPSA) is 68.5 Å². The number of nitrogens with one attached hydrogen (secondary N) is 1. The van der Waals surface area contributed by atoms with Gasteiger partial charge in [0.15, 0.2) is 17.2 Å². The zero-order valence-electron chi connectivity index (χ0n) is 13.3. The number of fused-ring (bicyclic) bond motifs is 1. The molecule has 0 amide bonds. The van der Waals surface area contributed by atoms with Crippen LogP contribution in [0.1, 0.15) is 28.5 Å². The minimum Gasteiger partial charge on any atom is -0.461 e. The summed E-state index contributed by atoms with van der Waals surface area (Å²) in [6, 6.07) is 9.82. The lowest BCUT2D eigenvalue weighted by molar-refractivity contribution is 0.0517. The fraction of sp³-hybridized carbons (Fsp3) is 0.235. The number of ether oxygens (including phenoxy) is 1. The molecule has 3 aromatic rings. The third kappa shape index (κ3) is 3.15. The third-order valence-corrected chi connectivity index (χ3v) is 3.34. The van der Waals surface area contributed by atoms with Gasteiger partial charge in [-0.2, -0.15) is 0 Å². The Morgan fingerprint density at radius 3 is 2.65 bits per heavy atom. The number of benzene rings is 1. The third-order valence-electron chi connectivity index (χ3n) is 3.34. The van der Waals surface area contributed by atoms with Crippen molar-refractivity contribution < 1.29 is 9.53 Å². The zero-order chi connectivity index (χ0) is 16.4. The highest BCUT2D eigenvalue weighted by Crippen LogP contribution is 2.19. The fourth-order valence-electron chi connectivity index (χ4n) is 2.48. The van der Waals surface area contributed by atoms with Gasteiger partial charge in [0.25, 0.3) is 0 Å². The molecule has 23 heavy (non-hydrogen) atoms. The highest BCUT2D eigenvalue weighted by molar-refractivity contribution is 5.88. The van der Waals surface area contributed by atoms with Crippen molar-refractivity contribution in [1.29, 1.82) is 0 Å². The molecule has 0 aliphatic rings. The quantitative estimate of drug-likeness (QED) is 0.749. The molecule has 0 bridgehead atoms. The number of carbonyl (C=O) groups is 1. The first-order valence-electron chi connectivity index (χ1n) is 7.44. The van der Waals surface area contributed by atoms with E-state index in [4.69, 9.17) is 4.74 Å². The van der Waals surface area contributed by atoms with E-state index in [1.54, 1.807) is 13.0 Å². The summed E-state index contributed by atoms with van der Waals surface area (Å²) in [5.74, 6) is 0.196. The van der Waals surface area contributed by atoms with Gasteiger partial charge >= 0.3 is 5.97 Å². The molecule has 0 unspecified atom stereocenters. The first-order chi connectivity index (χ1) is 11.1. The molecule has 6 nitrogen and oxygen atoms in total. The zero-order valence-corrected chi connectivity index (χ0v) is 13.3. The van der Waals surface area contributed by atoms with Crippen molar-refractivity contribution in [3.05, 3.63) is 53.3 Å². The number of hydrogen-bond acceptors (Lipinski definition) is 5. The minimum absolute atomic E-state index is 0.311. The van der Waals surface area contributed by atoms with E-state index in [9.17, 15) is 4.79 Å². The van der Waals surface area contributed by atoms with E-state index in [0.717, 1.165) is 5.69 Å². The number of esters is 1. The molecule has 0 aliphatic heterocycles. The van der Waals surface area contributed by atoms with Crippen LogP contribution in [0, 0.1) is 13.8 Å². The largest absolute Gasteiger partial charge is 0.461 e. The molecule has 118 valence electrons. The molecule has 2 aromatic heterocycles. The summed E-state index contributed by atoms with van der Waals surface area (Å²) in [7, 11) is 0. The lowest BCUT2D eigenvalue weighted by Crippen LogP contribution is -2.10. The van der Waals surface area contributed by atoms with Crippen molar-refractivity contribution >= 4 is 23.1 Å². The smallest absolute Gasteiger partial charge is 0.358 e. The highest BCUT2D eigenvalue weighted by atomic mass is 16.5. The number of nitrogens with zero attached hydrogens (tertiary/aromatic N) is 3. The number of imidazole rings is 1. The Bertz CT molecular complexity index is 850. The van der Waals surface area contributed by atoms with Crippen LogP contribution in [-0.2, 0) is 4.74 Å². The Labute approximate surface area is 134 Å². The van der Waals surface area contributed by atoms with Gasteiger partial charge in [-0.3, -0.25) is 0 Å². The standard InChI is InChI=1S/C17H18N4O2/c1-4-23-17(22)14-10-18-16-6-5-15(20-21(14)16)19-13-8-11(2)7-12(3)9-13/h5-10H,4H2,1-3H3,(H,19,20). The molecule has 0 atom stereocenters. The monoisotopic (exact) mass is 310 g/mol. The number of anilines is 2. The predicted octanol–water partition coefficient (Wildman–Crippen LogP) is 3.27. The van der Waals surface area contributed by atoms with Crippen LogP contribution < -0.4 is 5.32 Å². The van der Waals surface area contributed by atoms with E-state index in [1.807, 2.05) is 32.0 Å². The van der Waals surface area contributed by atoms with Gasteiger partial charge in [-0.05, 0) is 56.2 Å². The molecule has 2 heterocycles. The van der Waals surface area contributed by atoms with Crippen LogP contribution in [0.5, 0.6) is 0 Å². The van der Waals surface area contributed by atoms with Crippen LogP contribution in [0.2, 0.25) is 0 Å². The van der Waals surface area contributed by atoms with Crippen LogP contribution >= 0.6 is 0 Å². The summed E-state index contributed by atoms with van der Waals surface area (Å²) >= 11 is 0. The molecule has 0 saturated carbocycles.